The van der Waals surface area contributed by atoms with Crippen LogP contribution < -0.4 is 27.0 Å². The van der Waals surface area contributed by atoms with Crippen LogP contribution in [0, 0.1) is 0 Å². The predicted molar refractivity (Wildman–Crippen MR) is 130 cm³/mol. The second-order valence-corrected chi connectivity index (χ2v) is 9.68. The summed E-state index contributed by atoms with van der Waals surface area (Å²) in [7, 11) is -1.98. The molecule has 0 heterocycles. The van der Waals surface area contributed by atoms with Crippen molar-refractivity contribution in [2.75, 3.05) is 5.73 Å². The van der Waals surface area contributed by atoms with E-state index in [1.165, 1.54) is 21.2 Å². The lowest BCUT2D eigenvalue weighted by Crippen LogP contribution is -2.38. The molecule has 0 atom stereocenters. The molecular formula is C24H23Cl2NP+. The van der Waals surface area contributed by atoms with Crippen LogP contribution in [-0.2, 0) is 0 Å². The van der Waals surface area contributed by atoms with E-state index in [1.54, 1.807) is 0 Å². The van der Waals surface area contributed by atoms with Gasteiger partial charge >= 0.3 is 0 Å². The van der Waals surface area contributed by atoms with E-state index in [9.17, 15) is 0 Å². The van der Waals surface area contributed by atoms with Crippen LogP contribution in [0.2, 0.25) is 0 Å². The molecule has 0 saturated carbocycles. The highest BCUT2D eigenvalue weighted by Gasteiger charge is 2.47. The topological polar surface area (TPSA) is 26.0 Å². The van der Waals surface area contributed by atoms with Crippen LogP contribution in [-0.4, -0.2) is 0 Å². The van der Waals surface area contributed by atoms with E-state index in [0.29, 0.717) is 0 Å². The third kappa shape index (κ3) is 3.93. The van der Waals surface area contributed by atoms with Crippen molar-refractivity contribution in [2.24, 2.45) is 0 Å². The molecule has 0 bridgehead atoms. The molecular weight excluding hydrogens is 404 g/mol. The van der Waals surface area contributed by atoms with E-state index < -0.39 is 7.26 Å². The summed E-state index contributed by atoms with van der Waals surface area (Å²) >= 11 is 0. The van der Waals surface area contributed by atoms with Crippen LogP contribution in [0.25, 0.3) is 0 Å². The molecule has 0 radical (unpaired) electrons. The van der Waals surface area contributed by atoms with Crippen molar-refractivity contribution in [3.05, 3.63) is 115 Å². The minimum atomic E-state index is -1.98. The Morgan fingerprint density at radius 2 is 0.679 bits per heavy atom. The lowest BCUT2D eigenvalue weighted by atomic mass is 10.3. The van der Waals surface area contributed by atoms with Crippen molar-refractivity contribution in [3.63, 3.8) is 0 Å². The van der Waals surface area contributed by atoms with Crippen LogP contribution in [0.4, 0.5) is 5.69 Å². The molecule has 0 saturated heterocycles. The summed E-state index contributed by atoms with van der Waals surface area (Å²) in [5, 5.41) is 5.36. The number of benzene rings is 4. The molecule has 0 fully saturated rings. The SMILES string of the molecule is Cl.Cl.Nc1ccc([P+](c2ccccc2)(c2ccccc2)c2ccccc2)cc1. The van der Waals surface area contributed by atoms with Crippen LogP contribution in [0.5, 0.6) is 0 Å². The van der Waals surface area contributed by atoms with E-state index >= 15 is 0 Å². The zero-order valence-corrected chi connectivity index (χ0v) is 17.8. The summed E-state index contributed by atoms with van der Waals surface area (Å²) in [6.45, 7) is 0. The fraction of sp³-hybridized carbons (Fsp3) is 0. The Morgan fingerprint density at radius 1 is 0.393 bits per heavy atom. The summed E-state index contributed by atoms with van der Waals surface area (Å²) in [6, 6.07) is 41.0. The lowest BCUT2D eigenvalue weighted by molar-refractivity contribution is 1.70. The summed E-state index contributed by atoms with van der Waals surface area (Å²) in [6.07, 6.45) is 0. The van der Waals surface area contributed by atoms with Gasteiger partial charge in [0, 0.05) is 5.69 Å². The van der Waals surface area contributed by atoms with Gasteiger partial charge in [-0.05, 0) is 60.7 Å². The molecule has 0 unspecified atom stereocenters. The van der Waals surface area contributed by atoms with Crippen molar-refractivity contribution in [2.45, 2.75) is 0 Å². The van der Waals surface area contributed by atoms with Crippen LogP contribution >= 0.6 is 32.1 Å². The van der Waals surface area contributed by atoms with Gasteiger partial charge in [-0.1, -0.05) is 54.6 Å². The first-order valence-corrected chi connectivity index (χ1v) is 10.5. The molecule has 4 heteroatoms. The second kappa shape index (κ2) is 9.75. The minimum Gasteiger partial charge on any atom is -0.399 e. The zero-order chi connectivity index (χ0) is 17.8. The average molecular weight is 427 g/mol. The Morgan fingerprint density at radius 3 is 1.00 bits per heavy atom. The van der Waals surface area contributed by atoms with Gasteiger partial charge < -0.3 is 5.73 Å². The van der Waals surface area contributed by atoms with E-state index in [4.69, 9.17) is 5.73 Å². The Labute approximate surface area is 179 Å². The zero-order valence-electron chi connectivity index (χ0n) is 15.3. The normalized spacial score (nSPS) is 10.4. The molecule has 4 aromatic rings. The van der Waals surface area contributed by atoms with Gasteiger partial charge in [-0.25, -0.2) is 0 Å². The highest BCUT2D eigenvalue weighted by Crippen LogP contribution is 2.54. The maximum Gasteiger partial charge on any atom is 0.144 e. The lowest BCUT2D eigenvalue weighted by Gasteiger charge is -2.27. The van der Waals surface area contributed by atoms with Gasteiger partial charge in [0.15, 0.2) is 0 Å². The minimum absolute atomic E-state index is 0. The predicted octanol–water partition coefficient (Wildman–Crippen LogP) is 4.73. The van der Waals surface area contributed by atoms with Gasteiger partial charge in [-0.2, -0.15) is 0 Å². The first-order valence-electron chi connectivity index (χ1n) is 8.74. The Kier molecular flexibility index (Phi) is 7.66. The second-order valence-electron chi connectivity index (χ2n) is 6.27. The largest absolute Gasteiger partial charge is 0.399 e. The molecule has 0 aliphatic rings. The van der Waals surface area contributed by atoms with E-state index in [0.717, 1.165) is 5.69 Å². The monoisotopic (exact) mass is 426 g/mol. The summed E-state index contributed by atoms with van der Waals surface area (Å²) in [5.41, 5.74) is 6.79. The first-order chi connectivity index (χ1) is 12.8. The van der Waals surface area contributed by atoms with Crippen LogP contribution in [0.15, 0.2) is 115 Å². The van der Waals surface area contributed by atoms with Crippen LogP contribution in [0.3, 0.4) is 0 Å². The Balaban J connectivity index is 0.00000140. The molecule has 0 aliphatic carbocycles. The first kappa shape index (κ1) is 22.0. The number of halogens is 2. The van der Waals surface area contributed by atoms with E-state index in [2.05, 4.69) is 103 Å². The van der Waals surface area contributed by atoms with Crippen molar-refractivity contribution in [1.29, 1.82) is 0 Å². The number of rotatable bonds is 4. The number of nitrogens with two attached hydrogens (primary N) is 1. The van der Waals surface area contributed by atoms with Crippen LogP contribution in [0.1, 0.15) is 0 Å². The molecule has 0 amide bonds. The summed E-state index contributed by atoms with van der Waals surface area (Å²) in [4.78, 5) is 0. The summed E-state index contributed by atoms with van der Waals surface area (Å²) in [5.74, 6) is 0. The molecule has 1 nitrogen and oxygen atoms in total. The highest BCUT2D eigenvalue weighted by molar-refractivity contribution is 8.01. The molecule has 0 aliphatic heterocycles. The Bertz CT molecular complexity index is 879. The highest BCUT2D eigenvalue weighted by atomic mass is 35.5. The van der Waals surface area contributed by atoms with Crippen molar-refractivity contribution < 1.29 is 0 Å². The molecule has 142 valence electrons. The molecule has 2 N–H and O–H groups in total. The fourth-order valence-corrected chi connectivity index (χ4v) is 7.79. The van der Waals surface area contributed by atoms with Gasteiger partial charge in [-0.3, -0.25) is 0 Å². The van der Waals surface area contributed by atoms with E-state index in [-0.39, 0.29) is 24.8 Å². The fourth-order valence-electron chi connectivity index (χ4n) is 3.55. The van der Waals surface area contributed by atoms with Gasteiger partial charge in [0.05, 0.1) is 0 Å². The average Bonchev–Trinajstić information content (AvgIpc) is 2.72. The van der Waals surface area contributed by atoms with E-state index in [1.807, 2.05) is 12.1 Å². The van der Waals surface area contributed by atoms with Gasteiger partial charge in [0.1, 0.15) is 28.5 Å². The summed E-state index contributed by atoms with van der Waals surface area (Å²) < 4.78 is 0. The molecule has 28 heavy (non-hydrogen) atoms. The van der Waals surface area contributed by atoms with Crippen molar-refractivity contribution in [3.8, 4) is 0 Å². The number of anilines is 1. The number of nitrogen functional groups attached to an aromatic ring is 1. The number of hydrogen-bond acceptors (Lipinski definition) is 1. The maximum absolute atomic E-state index is 6.00. The quantitative estimate of drug-likeness (QED) is 0.370. The van der Waals surface area contributed by atoms with Crippen molar-refractivity contribution >= 4 is 59.0 Å². The third-order valence-corrected chi connectivity index (χ3v) is 9.00. The smallest absolute Gasteiger partial charge is 0.144 e. The Hall–Kier alpha value is -2.31. The third-order valence-electron chi connectivity index (χ3n) is 4.71. The van der Waals surface area contributed by atoms with Crippen molar-refractivity contribution in [1.82, 2.24) is 0 Å². The maximum atomic E-state index is 6.00. The molecule has 0 aromatic heterocycles. The van der Waals surface area contributed by atoms with Gasteiger partial charge in [0.25, 0.3) is 0 Å². The molecule has 0 spiro atoms. The molecule has 4 rings (SSSR count). The molecule has 4 aromatic carbocycles. The standard InChI is InChI=1S/C24H21NP.2ClH/c25-20-16-18-24(19-17-20)26(21-10-4-1-5-11-21,22-12-6-2-7-13-22)23-14-8-3-9-15-23;;/h1-19H,25H2;2*1H/q+1;;. The number of hydrogen-bond donors (Lipinski definition) is 1. The van der Waals surface area contributed by atoms with Gasteiger partial charge in [-0.15, -0.1) is 24.8 Å². The van der Waals surface area contributed by atoms with Gasteiger partial charge in [0.2, 0.25) is 0 Å².